The van der Waals surface area contributed by atoms with E-state index in [1.807, 2.05) is 0 Å². The number of anilines is 1. The molecule has 1 aliphatic heterocycles. The lowest BCUT2D eigenvalue weighted by molar-refractivity contribution is 0.145. The molecule has 4 nitrogen and oxygen atoms in total. The first-order valence-electron chi connectivity index (χ1n) is 11.7. The summed E-state index contributed by atoms with van der Waals surface area (Å²) in [5, 5.41) is 0. The molecule has 2 aromatic rings. The molecule has 2 aromatic carbocycles. The molecule has 0 spiro atoms. The third-order valence-corrected chi connectivity index (χ3v) is 6.86. The zero-order valence-corrected chi connectivity index (χ0v) is 18.7. The number of fused-ring (bicyclic) bond motifs is 1. The summed E-state index contributed by atoms with van der Waals surface area (Å²) in [5.74, 6) is 1.07. The van der Waals surface area contributed by atoms with Crippen molar-refractivity contribution in [2.24, 2.45) is 0 Å². The summed E-state index contributed by atoms with van der Waals surface area (Å²) in [6, 6.07) is 18.1. The average molecular weight is 408 g/mol. The molecular weight excluding hydrogens is 370 g/mol. The molecule has 0 bridgehead atoms. The second-order valence-electron chi connectivity index (χ2n) is 8.69. The number of para-hydroxylation sites is 1. The largest absolute Gasteiger partial charge is 0.496 e. The van der Waals surface area contributed by atoms with Crippen molar-refractivity contribution in [2.75, 3.05) is 57.8 Å². The lowest BCUT2D eigenvalue weighted by Gasteiger charge is -2.39. The van der Waals surface area contributed by atoms with Crippen LogP contribution < -0.4 is 9.64 Å². The number of piperazine rings is 1. The fourth-order valence-electron chi connectivity index (χ4n) is 5.16. The molecular formula is C26H37N3O. The van der Waals surface area contributed by atoms with Crippen molar-refractivity contribution in [3.8, 4) is 5.75 Å². The topological polar surface area (TPSA) is 19.0 Å². The predicted molar refractivity (Wildman–Crippen MR) is 126 cm³/mol. The molecule has 1 atom stereocenters. The second kappa shape index (κ2) is 10.3. The summed E-state index contributed by atoms with van der Waals surface area (Å²) < 4.78 is 5.60. The van der Waals surface area contributed by atoms with Gasteiger partial charge in [0.05, 0.1) is 7.11 Å². The molecule has 4 heteroatoms. The first-order chi connectivity index (χ1) is 14.8. The molecule has 4 rings (SSSR count). The number of hydrogen-bond acceptors (Lipinski definition) is 4. The number of benzene rings is 2. The summed E-state index contributed by atoms with van der Waals surface area (Å²) in [4.78, 5) is 7.93. The number of nitrogens with zero attached hydrogens (tertiary/aromatic N) is 3. The molecule has 0 saturated carbocycles. The van der Waals surface area contributed by atoms with Crippen molar-refractivity contribution in [1.29, 1.82) is 0 Å². The Kier molecular flexibility index (Phi) is 7.29. The summed E-state index contributed by atoms with van der Waals surface area (Å²) in [6.07, 6.45) is 4.77. The van der Waals surface area contributed by atoms with Gasteiger partial charge in [-0.15, -0.1) is 0 Å². The van der Waals surface area contributed by atoms with Gasteiger partial charge in [-0.05, 0) is 61.6 Å². The van der Waals surface area contributed by atoms with Gasteiger partial charge in [0.15, 0.2) is 0 Å². The molecule has 1 fully saturated rings. The highest BCUT2D eigenvalue weighted by molar-refractivity contribution is 5.46. The monoisotopic (exact) mass is 407 g/mol. The van der Waals surface area contributed by atoms with E-state index in [0.29, 0.717) is 6.04 Å². The molecule has 162 valence electrons. The van der Waals surface area contributed by atoms with Crippen LogP contribution in [0.4, 0.5) is 5.69 Å². The summed E-state index contributed by atoms with van der Waals surface area (Å²) in [7, 11) is 1.79. The van der Waals surface area contributed by atoms with Crippen LogP contribution in [0.15, 0.2) is 48.5 Å². The van der Waals surface area contributed by atoms with Crippen LogP contribution in [0, 0.1) is 0 Å². The van der Waals surface area contributed by atoms with Gasteiger partial charge in [0.25, 0.3) is 0 Å². The van der Waals surface area contributed by atoms with Crippen LogP contribution in [-0.2, 0) is 12.8 Å². The summed E-state index contributed by atoms with van der Waals surface area (Å²) in [5.41, 5.74) is 4.29. The minimum atomic E-state index is 0.662. The van der Waals surface area contributed by atoms with Gasteiger partial charge < -0.3 is 9.64 Å². The van der Waals surface area contributed by atoms with E-state index in [2.05, 4.69) is 70.2 Å². The van der Waals surface area contributed by atoms with E-state index in [4.69, 9.17) is 4.74 Å². The van der Waals surface area contributed by atoms with Crippen LogP contribution in [0.2, 0.25) is 0 Å². The quantitative estimate of drug-likeness (QED) is 0.656. The van der Waals surface area contributed by atoms with E-state index in [1.54, 1.807) is 7.11 Å². The van der Waals surface area contributed by atoms with Crippen molar-refractivity contribution < 1.29 is 4.74 Å². The average Bonchev–Trinajstić information content (AvgIpc) is 2.82. The lowest BCUT2D eigenvalue weighted by atomic mass is 9.86. The normalized spacial score (nSPS) is 19.7. The highest BCUT2D eigenvalue weighted by Crippen LogP contribution is 2.31. The molecule has 0 N–H and O–H groups in total. The highest BCUT2D eigenvalue weighted by Gasteiger charge is 2.26. The van der Waals surface area contributed by atoms with Gasteiger partial charge in [-0.25, -0.2) is 0 Å². The Morgan fingerprint density at radius 2 is 1.77 bits per heavy atom. The second-order valence-corrected chi connectivity index (χ2v) is 8.69. The van der Waals surface area contributed by atoms with E-state index in [1.165, 1.54) is 62.4 Å². The minimum Gasteiger partial charge on any atom is -0.496 e. The van der Waals surface area contributed by atoms with E-state index < -0.39 is 0 Å². The lowest BCUT2D eigenvalue weighted by Crippen LogP contribution is -2.50. The van der Waals surface area contributed by atoms with Crippen LogP contribution in [-0.4, -0.2) is 68.8 Å². The zero-order chi connectivity index (χ0) is 20.8. The van der Waals surface area contributed by atoms with Gasteiger partial charge in [-0.2, -0.15) is 0 Å². The third-order valence-electron chi connectivity index (χ3n) is 6.86. The minimum absolute atomic E-state index is 0.662. The maximum atomic E-state index is 5.60. The maximum absolute atomic E-state index is 5.60. The van der Waals surface area contributed by atoms with Crippen LogP contribution in [0.25, 0.3) is 0 Å². The van der Waals surface area contributed by atoms with Gasteiger partial charge >= 0.3 is 0 Å². The molecule has 30 heavy (non-hydrogen) atoms. The Bertz CT molecular complexity index is 786. The van der Waals surface area contributed by atoms with E-state index in [-0.39, 0.29) is 0 Å². The standard InChI is InChI=1S/C26H37N3O/c1-3-14-28(24-12-13-25-22(21-24)8-7-11-26(25)30-2)18-15-27-16-19-29(20-17-27)23-9-5-4-6-10-23/h4-11,24H,3,12-21H2,1-2H3/t24-/m1/s1. The van der Waals surface area contributed by atoms with Crippen molar-refractivity contribution in [2.45, 2.75) is 38.6 Å². The molecule has 0 amide bonds. The van der Waals surface area contributed by atoms with Crippen LogP contribution in [0.3, 0.4) is 0 Å². The molecule has 1 heterocycles. The highest BCUT2D eigenvalue weighted by atomic mass is 16.5. The van der Waals surface area contributed by atoms with Crippen molar-refractivity contribution in [1.82, 2.24) is 9.80 Å². The SMILES string of the molecule is CCCN(CCN1CCN(c2ccccc2)CC1)[C@@H]1CCc2c(cccc2OC)C1. The van der Waals surface area contributed by atoms with Crippen LogP contribution >= 0.6 is 0 Å². The number of methoxy groups -OCH3 is 1. The Balaban J connectivity index is 1.30. The Labute approximate surface area is 182 Å². The molecule has 2 aliphatic rings. The first kappa shape index (κ1) is 21.2. The Morgan fingerprint density at radius 1 is 0.967 bits per heavy atom. The molecule has 0 unspecified atom stereocenters. The van der Waals surface area contributed by atoms with Gasteiger partial charge in [0.1, 0.15) is 5.75 Å². The Morgan fingerprint density at radius 3 is 2.50 bits per heavy atom. The maximum Gasteiger partial charge on any atom is 0.122 e. The first-order valence-corrected chi connectivity index (χ1v) is 11.7. The summed E-state index contributed by atoms with van der Waals surface area (Å²) >= 11 is 0. The van der Waals surface area contributed by atoms with Crippen molar-refractivity contribution in [3.63, 3.8) is 0 Å². The van der Waals surface area contributed by atoms with Gasteiger partial charge in [0, 0.05) is 51.0 Å². The molecule has 1 saturated heterocycles. The van der Waals surface area contributed by atoms with E-state index in [0.717, 1.165) is 31.7 Å². The van der Waals surface area contributed by atoms with Gasteiger partial charge in [-0.3, -0.25) is 9.80 Å². The van der Waals surface area contributed by atoms with Crippen molar-refractivity contribution >= 4 is 5.69 Å². The fraction of sp³-hybridized carbons (Fsp3) is 0.538. The third kappa shape index (κ3) is 4.98. The van der Waals surface area contributed by atoms with Gasteiger partial charge in [0.2, 0.25) is 0 Å². The van der Waals surface area contributed by atoms with Gasteiger partial charge in [-0.1, -0.05) is 37.3 Å². The fourth-order valence-corrected chi connectivity index (χ4v) is 5.16. The number of hydrogen-bond donors (Lipinski definition) is 0. The molecule has 1 aliphatic carbocycles. The molecule has 0 radical (unpaired) electrons. The van der Waals surface area contributed by atoms with Crippen LogP contribution in [0.1, 0.15) is 30.9 Å². The van der Waals surface area contributed by atoms with E-state index >= 15 is 0 Å². The smallest absolute Gasteiger partial charge is 0.122 e. The Hall–Kier alpha value is -2.04. The molecule has 0 aromatic heterocycles. The van der Waals surface area contributed by atoms with E-state index in [9.17, 15) is 0 Å². The predicted octanol–water partition coefficient (Wildman–Crippen LogP) is 4.09. The summed E-state index contributed by atoms with van der Waals surface area (Å²) in [6.45, 7) is 10.5. The van der Waals surface area contributed by atoms with Crippen LogP contribution in [0.5, 0.6) is 5.75 Å². The van der Waals surface area contributed by atoms with Crippen molar-refractivity contribution in [3.05, 3.63) is 59.7 Å². The number of ether oxygens (including phenoxy) is 1. The zero-order valence-electron chi connectivity index (χ0n) is 18.7. The number of rotatable bonds is 8.